The number of nitrogens with one attached hydrogen (secondary N) is 3. The van der Waals surface area contributed by atoms with Crippen molar-refractivity contribution in [2.75, 3.05) is 43.9 Å². The second-order valence-corrected chi connectivity index (χ2v) is 37.0. The summed E-state index contributed by atoms with van der Waals surface area (Å²) in [5.41, 5.74) is 28.8. The van der Waals surface area contributed by atoms with E-state index in [1.807, 2.05) is 59.0 Å². The number of aliphatic hydroxyl groups is 6. The molecule has 12 atom stereocenters. The molecule has 7 fully saturated rings. The van der Waals surface area contributed by atoms with E-state index in [9.17, 15) is 35.9 Å². The maximum Gasteiger partial charge on any atom is 0.167 e. The van der Waals surface area contributed by atoms with Gasteiger partial charge in [-0.1, -0.05) is 30.0 Å². The van der Waals surface area contributed by atoms with Crippen molar-refractivity contribution < 1.29 is 44.8 Å². The van der Waals surface area contributed by atoms with E-state index in [0.717, 1.165) is 157 Å². The molecule has 652 valence electrons. The summed E-state index contributed by atoms with van der Waals surface area (Å²) in [7, 11) is 2.04. The fourth-order valence-corrected chi connectivity index (χ4v) is 19.0. The van der Waals surface area contributed by atoms with Crippen molar-refractivity contribution in [3.05, 3.63) is 127 Å². The Morgan fingerprint density at radius 3 is 1.16 bits per heavy atom. The van der Waals surface area contributed by atoms with Crippen LogP contribution in [0.3, 0.4) is 0 Å². The molecule has 4 aliphatic carbocycles. The van der Waals surface area contributed by atoms with Gasteiger partial charge in [-0.15, -0.1) is 12.8 Å². The van der Waals surface area contributed by atoms with Gasteiger partial charge in [-0.2, -0.15) is 5.26 Å². The number of fused-ring (bicyclic) bond motifs is 6. The molecule has 3 saturated heterocycles. The van der Waals surface area contributed by atoms with E-state index >= 15 is 0 Å². The summed E-state index contributed by atoms with van der Waals surface area (Å²) in [4.78, 5) is 69.3. The van der Waals surface area contributed by atoms with Gasteiger partial charge in [-0.25, -0.2) is 59.8 Å². The molecule has 124 heavy (non-hydrogen) atoms. The minimum atomic E-state index is -1.12. The first-order valence-corrected chi connectivity index (χ1v) is 43.4. The number of ether oxygens (including phenoxy) is 3. The number of aliphatic hydroxyl groups excluding tert-OH is 6. The lowest BCUT2D eigenvalue weighted by Gasteiger charge is -2.46. The minimum Gasteiger partial charge on any atom is -0.387 e. The first kappa shape index (κ1) is 85.4. The quantitative estimate of drug-likeness (QED) is 0.0231. The number of hydrogen-bond donors (Lipinski definition) is 12. The van der Waals surface area contributed by atoms with Crippen molar-refractivity contribution in [3.8, 4) is 30.8 Å². The minimum absolute atomic E-state index is 0.254. The van der Waals surface area contributed by atoms with E-state index in [0.29, 0.717) is 89.0 Å². The summed E-state index contributed by atoms with van der Waals surface area (Å²) in [6, 6.07) is 22.8. The molecule has 4 saturated carbocycles. The van der Waals surface area contributed by atoms with E-state index in [4.69, 9.17) is 59.2 Å². The maximum atomic E-state index is 10.9. The molecule has 34 heteroatoms. The second kappa shape index (κ2) is 34.3. The Hall–Kier alpha value is -10.8. The van der Waals surface area contributed by atoms with Crippen molar-refractivity contribution in [1.82, 2.24) is 103 Å². The molecule has 0 radical (unpaired) electrons. The van der Waals surface area contributed by atoms with Crippen LogP contribution in [0, 0.1) is 53.8 Å². The number of nitrogens with two attached hydrogens (primary N) is 3. The molecule has 12 aromatic rings. The highest BCUT2D eigenvalue weighted by Crippen LogP contribution is 2.49. The van der Waals surface area contributed by atoms with E-state index in [1.165, 1.54) is 38.0 Å². The van der Waals surface area contributed by atoms with Crippen LogP contribution in [0.25, 0.3) is 66.6 Å². The summed E-state index contributed by atoms with van der Waals surface area (Å²) >= 11 is 0. The molecule has 9 aromatic heterocycles. The number of aromatic nitrogens is 18. The predicted octanol–water partition coefficient (Wildman–Crippen LogP) is 7.68. The van der Waals surface area contributed by atoms with Crippen molar-refractivity contribution in [2.45, 2.75) is 265 Å². The van der Waals surface area contributed by atoms with Gasteiger partial charge in [-0.3, -0.25) is 23.5 Å². The number of nitrogen functional groups attached to an aromatic ring is 3. The standard InChI is InChI=1S/2C31H40N8O3.C28H33N9O3/c2*1-6-31(4,5)19-8-9-21-22(13-19)37-24(36-21)10-7-18-11-20(12-18)38(17(2)3)14-23-26(40)27(41)30(42-23)39-16-35-25-28(32)33-15-34-29(25)39;1-36(11-20-23(38)24(39)27(40-20)37-14-33-22-25(30)31-13-32-26(22)37)17-8-15(9-17)2-5-21-34-18-4-3-16(10-19(18)35-21)28(12-29)6-7-28/h2*1,8-9,13,15-18,20,23,26-27,30,40-41H,7,10-12,14H2,2-5H3,(H,36,37)(H2,32,33,34);3-4,10,13-15,17,20,23-24,27,38-39H,2,5-9,11H2,1H3,(H,34,35)(H2,30,31,32)/t2*18?,20?,23-,26-,27-,30-;15?,17?,20-,23-,24-,27-/m111/s1. The number of benzene rings is 3. The molecule has 12 heterocycles. The summed E-state index contributed by atoms with van der Waals surface area (Å²) in [5, 5.41) is 74.7. The average Bonchev–Trinajstić information content (AvgIpc) is 1.61. The number of aromatic amines is 3. The monoisotopic (exact) mass is 1690 g/mol. The SMILES string of the molecule is C#CC(C)(C)c1ccc2nc(CCC3CC(N(C[C@H]4O[C@@H](n5cnc6c(N)ncnc65)[C@H](O)[C@@H]4O)C(C)C)C3)[nH]c2c1.C#CC(C)(C)c1ccc2nc(CCC3CC(N(C[C@H]4O[C@@H](n5cnc6c(N)ncnc65)[C@H](O)[C@@H]4O)C(C)C)C3)[nH]c2c1.CN(C[C@H]1O[C@@H](n2cnc3c(N)ncnc32)[C@H](O)[C@@H]1O)C1CC(CCc2nc3ccc(C4(C#N)CC4)cc3[nH]2)C1. The average molecular weight is 1690 g/mol. The predicted molar refractivity (Wildman–Crippen MR) is 466 cm³/mol. The molecule has 34 nitrogen and oxygen atoms in total. The zero-order valence-electron chi connectivity index (χ0n) is 71.5. The van der Waals surface area contributed by atoms with Gasteiger partial charge in [0.05, 0.1) is 74.4 Å². The lowest BCUT2D eigenvalue weighted by Crippen LogP contribution is -2.52. The van der Waals surface area contributed by atoms with Gasteiger partial charge in [0.1, 0.15) is 108 Å². The molecule has 0 amide bonds. The number of imidazole rings is 6. The third kappa shape index (κ3) is 16.7. The van der Waals surface area contributed by atoms with Gasteiger partial charge in [0.15, 0.2) is 53.1 Å². The Morgan fingerprint density at radius 2 is 0.823 bits per heavy atom. The molecular weight excluding hydrogens is 1580 g/mol. The van der Waals surface area contributed by atoms with Crippen LogP contribution in [0.1, 0.15) is 179 Å². The molecule has 7 aliphatic rings. The number of terminal acetylenes is 2. The van der Waals surface area contributed by atoms with Crippen molar-refractivity contribution >= 4 is 84.0 Å². The fraction of sp³-hybridized carbons (Fsp3) is 0.544. The topological polar surface area (TPSA) is 477 Å². The number of nitriles is 1. The molecule has 3 aliphatic heterocycles. The lowest BCUT2D eigenvalue weighted by atomic mass is 9.76. The molecule has 0 bridgehead atoms. The Labute approximate surface area is 718 Å². The van der Waals surface area contributed by atoms with Gasteiger partial charge in [0.25, 0.3) is 0 Å². The normalized spacial score (nSPS) is 27.3. The number of anilines is 3. The Balaban J connectivity index is 0.000000132. The highest BCUT2D eigenvalue weighted by atomic mass is 16.6. The van der Waals surface area contributed by atoms with Crippen LogP contribution in [0.4, 0.5) is 17.5 Å². The van der Waals surface area contributed by atoms with Gasteiger partial charge in [0.2, 0.25) is 0 Å². The Kier molecular flexibility index (Phi) is 23.6. The van der Waals surface area contributed by atoms with Crippen LogP contribution >= 0.6 is 0 Å². The molecular formula is C90H113N25O9. The van der Waals surface area contributed by atoms with E-state index in [1.54, 1.807) is 13.7 Å². The number of hydrogen-bond acceptors (Lipinski definition) is 28. The van der Waals surface area contributed by atoms with E-state index in [2.05, 4.69) is 150 Å². The summed E-state index contributed by atoms with van der Waals surface area (Å²) in [5.74, 6) is 11.3. The van der Waals surface area contributed by atoms with Crippen LogP contribution in [0.2, 0.25) is 0 Å². The van der Waals surface area contributed by atoms with Gasteiger partial charge in [-0.05, 0) is 204 Å². The van der Waals surface area contributed by atoms with Crippen molar-refractivity contribution in [3.63, 3.8) is 0 Å². The highest BCUT2D eigenvalue weighted by molar-refractivity contribution is 5.83. The summed E-state index contributed by atoms with van der Waals surface area (Å²) in [6.45, 7) is 18.4. The highest BCUT2D eigenvalue weighted by Gasteiger charge is 2.51. The van der Waals surface area contributed by atoms with Gasteiger partial charge in [0, 0.05) is 69.1 Å². The molecule has 0 spiro atoms. The number of aryl methyl sites for hydroxylation is 3. The number of H-pyrrole nitrogens is 3. The van der Waals surface area contributed by atoms with Crippen LogP contribution in [0.15, 0.2) is 92.6 Å². The number of likely N-dealkylation sites (N-methyl/N-ethyl adjacent to an activating group) is 1. The third-order valence-corrected chi connectivity index (χ3v) is 27.4. The second-order valence-electron chi connectivity index (χ2n) is 37.0. The van der Waals surface area contributed by atoms with Gasteiger partial charge >= 0.3 is 0 Å². The zero-order valence-corrected chi connectivity index (χ0v) is 71.5. The van der Waals surface area contributed by atoms with Gasteiger partial charge < -0.3 is 81.9 Å². The van der Waals surface area contributed by atoms with E-state index < -0.39 is 73.6 Å². The van der Waals surface area contributed by atoms with Crippen LogP contribution in [0.5, 0.6) is 0 Å². The molecule has 19 rings (SSSR count). The molecule has 15 N–H and O–H groups in total. The van der Waals surface area contributed by atoms with Crippen LogP contribution < -0.4 is 17.2 Å². The summed E-state index contributed by atoms with van der Waals surface area (Å²) < 4.78 is 23.4. The van der Waals surface area contributed by atoms with Crippen molar-refractivity contribution in [2.24, 2.45) is 17.8 Å². The van der Waals surface area contributed by atoms with Crippen molar-refractivity contribution in [1.29, 1.82) is 5.26 Å². The molecule has 0 unspecified atom stereocenters. The molecule has 3 aromatic carbocycles. The largest absolute Gasteiger partial charge is 0.387 e. The Bertz CT molecular complexity index is 5730. The fourth-order valence-electron chi connectivity index (χ4n) is 19.0. The van der Waals surface area contributed by atoms with Crippen LogP contribution in [-0.2, 0) is 49.7 Å². The van der Waals surface area contributed by atoms with E-state index in [-0.39, 0.29) is 45.8 Å². The zero-order chi connectivity index (χ0) is 87.1. The van der Waals surface area contributed by atoms with Crippen LogP contribution in [-0.4, -0.2) is 246 Å². The third-order valence-electron chi connectivity index (χ3n) is 27.4. The maximum absolute atomic E-state index is 10.9. The Morgan fingerprint density at radius 1 is 0.484 bits per heavy atom. The first-order valence-electron chi connectivity index (χ1n) is 43.4. The number of rotatable bonds is 26. The smallest absolute Gasteiger partial charge is 0.167 e. The first-order chi connectivity index (χ1) is 59.4. The number of nitrogens with zero attached hydrogens (tertiary/aromatic N) is 19. The summed E-state index contributed by atoms with van der Waals surface area (Å²) in [6.07, 6.45) is 23.7. The lowest BCUT2D eigenvalue weighted by molar-refractivity contribution is -0.0620.